The molecule has 9 heteroatoms. The molecule has 3 N–H and O–H groups in total. The number of benzene rings is 4. The first-order valence-corrected chi connectivity index (χ1v) is 17.8. The predicted molar refractivity (Wildman–Crippen MR) is 200 cm³/mol. The fourth-order valence-corrected chi connectivity index (χ4v) is 4.14. The van der Waals surface area contributed by atoms with Gasteiger partial charge in [-0.15, -0.1) is 0 Å². The van der Waals surface area contributed by atoms with E-state index in [2.05, 4.69) is 0 Å². The van der Waals surface area contributed by atoms with Crippen LogP contribution in [0, 0.1) is 0 Å². The first-order chi connectivity index (χ1) is 24.5. The monoisotopic (exact) mass is 692 g/mol. The van der Waals surface area contributed by atoms with Gasteiger partial charge < -0.3 is 43.7 Å². The molecule has 3 aliphatic rings. The summed E-state index contributed by atoms with van der Waals surface area (Å²) >= 11 is 0. The summed E-state index contributed by atoms with van der Waals surface area (Å²) in [4.78, 5) is 0. The van der Waals surface area contributed by atoms with Crippen molar-refractivity contribution >= 4 is 0 Å². The first-order valence-electron chi connectivity index (χ1n) is 17.8. The van der Waals surface area contributed by atoms with Crippen LogP contribution in [-0.4, -0.2) is 73.3 Å². The number of phenolic OH excluding ortho intramolecular Hbond substituents is 3. The van der Waals surface area contributed by atoms with E-state index in [-0.39, 0.29) is 35.6 Å². The van der Waals surface area contributed by atoms with Crippen LogP contribution < -0.4 is 14.2 Å². The summed E-state index contributed by atoms with van der Waals surface area (Å²) in [6.07, 6.45) is 0.674. The highest BCUT2D eigenvalue weighted by atomic mass is 16.6. The van der Waals surface area contributed by atoms with E-state index in [9.17, 15) is 5.11 Å². The minimum atomic E-state index is 0.0145. The van der Waals surface area contributed by atoms with Gasteiger partial charge in [0.2, 0.25) is 0 Å². The van der Waals surface area contributed by atoms with Crippen molar-refractivity contribution in [3.05, 3.63) is 84.9 Å². The third-order valence-corrected chi connectivity index (χ3v) is 6.78. The molecule has 3 fully saturated rings. The van der Waals surface area contributed by atoms with Crippen molar-refractivity contribution in [1.82, 2.24) is 0 Å². The summed E-state index contributed by atoms with van der Waals surface area (Å²) in [5.74, 6) is 2.63. The smallest absolute Gasteiger partial charge is 0.130 e. The van der Waals surface area contributed by atoms with Gasteiger partial charge >= 0.3 is 0 Å². The van der Waals surface area contributed by atoms with Crippen molar-refractivity contribution in [2.75, 3.05) is 39.6 Å². The minimum Gasteiger partial charge on any atom is -0.508 e. The number of aromatic hydroxyl groups is 3. The van der Waals surface area contributed by atoms with Gasteiger partial charge in [-0.1, -0.05) is 79.7 Å². The average molecular weight is 693 g/mol. The van der Waals surface area contributed by atoms with Crippen LogP contribution in [0.4, 0.5) is 0 Å². The lowest BCUT2D eigenvalue weighted by atomic mass is 10.0. The second kappa shape index (κ2) is 23.1. The number of rotatable bonds is 11. The highest BCUT2D eigenvalue weighted by molar-refractivity contribution is 5.72. The summed E-state index contributed by atoms with van der Waals surface area (Å²) in [5, 5.41) is 27.8. The highest BCUT2D eigenvalue weighted by Gasteiger charge is 2.25. The summed E-state index contributed by atoms with van der Waals surface area (Å²) in [7, 11) is 0. The predicted octanol–water partition coefficient (Wildman–Crippen LogP) is 9.26. The lowest BCUT2D eigenvalue weighted by Gasteiger charge is -2.14. The maximum absolute atomic E-state index is 9.59. The topological polar surface area (TPSA) is 126 Å². The van der Waals surface area contributed by atoms with E-state index in [4.69, 9.17) is 38.6 Å². The third-order valence-electron chi connectivity index (χ3n) is 6.78. The number of hydrogen-bond acceptors (Lipinski definition) is 9. The standard InChI is InChI=1S/C21H22O6.C12H10O3.4C2H6/c1-3-15(22-8-17-10-24-17)4-2-14(1)20-6-5-16(23-9-18-11-25-18)7-21(20)27-13-19-12-26-19;13-9-3-1-8(2-4-9)11-6-5-10(14)7-12(11)15;4*1-2/h1-7,17-19H,8-13H2;1-7,13-15H;4*1-2H3. The van der Waals surface area contributed by atoms with Gasteiger partial charge in [-0.2, -0.15) is 0 Å². The van der Waals surface area contributed by atoms with E-state index in [1.165, 1.54) is 12.1 Å². The van der Waals surface area contributed by atoms with Gasteiger partial charge in [0, 0.05) is 23.3 Å². The molecule has 3 unspecified atom stereocenters. The SMILES string of the molecule is CC.CC.CC.CC.Oc1ccc(-c2ccc(O)cc2O)cc1.c1cc(-c2ccc(OCC3CO3)cc2OCC2CO2)ccc1OCC1CO1. The average Bonchev–Trinajstić information content (AvgIpc) is 4.01. The maximum Gasteiger partial charge on any atom is 0.130 e. The van der Waals surface area contributed by atoms with Gasteiger partial charge in [-0.3, -0.25) is 0 Å². The molecule has 0 radical (unpaired) electrons. The molecule has 50 heavy (non-hydrogen) atoms. The molecule has 0 aromatic heterocycles. The van der Waals surface area contributed by atoms with Crippen molar-refractivity contribution in [3.63, 3.8) is 0 Å². The van der Waals surface area contributed by atoms with Crippen molar-refractivity contribution in [2.24, 2.45) is 0 Å². The van der Waals surface area contributed by atoms with Crippen molar-refractivity contribution in [1.29, 1.82) is 0 Å². The fraction of sp³-hybridized carbons (Fsp3) is 0.415. The largest absolute Gasteiger partial charge is 0.508 e. The quantitative estimate of drug-likeness (QED) is 0.132. The molecule has 3 saturated heterocycles. The zero-order valence-corrected chi connectivity index (χ0v) is 30.8. The summed E-state index contributed by atoms with van der Waals surface area (Å²) in [6.45, 7) is 20.1. The van der Waals surface area contributed by atoms with E-state index >= 15 is 0 Å². The molecule has 4 aromatic rings. The molecular weight excluding hydrogens is 636 g/mol. The number of ether oxygens (including phenoxy) is 6. The second-order valence-electron chi connectivity index (χ2n) is 10.2. The zero-order chi connectivity index (χ0) is 36.9. The Balaban J connectivity index is 0.000000321. The van der Waals surface area contributed by atoms with Crippen LogP contribution >= 0.6 is 0 Å². The Morgan fingerprint density at radius 2 is 0.880 bits per heavy atom. The Labute approximate surface area is 298 Å². The maximum atomic E-state index is 9.59. The van der Waals surface area contributed by atoms with Gasteiger partial charge in [0.05, 0.1) is 19.8 Å². The number of phenols is 3. The number of epoxide rings is 3. The van der Waals surface area contributed by atoms with E-state index in [1.807, 2.05) is 97.9 Å². The van der Waals surface area contributed by atoms with Crippen LogP contribution in [0.15, 0.2) is 84.9 Å². The van der Waals surface area contributed by atoms with E-state index < -0.39 is 0 Å². The molecule has 3 aliphatic heterocycles. The Morgan fingerprint density at radius 1 is 0.480 bits per heavy atom. The Hall–Kier alpha value is -4.44. The lowest BCUT2D eigenvalue weighted by Crippen LogP contribution is -2.07. The molecule has 0 saturated carbocycles. The Bertz CT molecular complexity index is 1480. The van der Waals surface area contributed by atoms with Crippen LogP contribution in [-0.2, 0) is 14.2 Å². The van der Waals surface area contributed by atoms with Gasteiger partial charge in [-0.25, -0.2) is 0 Å². The summed E-state index contributed by atoms with van der Waals surface area (Å²) in [6, 6.07) is 24.8. The molecule has 3 atom stereocenters. The van der Waals surface area contributed by atoms with Gasteiger partial charge in [0.25, 0.3) is 0 Å². The van der Waals surface area contributed by atoms with Crippen LogP contribution in [0.2, 0.25) is 0 Å². The highest BCUT2D eigenvalue weighted by Crippen LogP contribution is 2.36. The molecule has 274 valence electrons. The van der Waals surface area contributed by atoms with Crippen LogP contribution in [0.5, 0.6) is 34.5 Å². The van der Waals surface area contributed by atoms with Crippen LogP contribution in [0.3, 0.4) is 0 Å². The normalized spacial score (nSPS) is 17.0. The molecule has 9 nitrogen and oxygen atoms in total. The van der Waals surface area contributed by atoms with E-state index in [0.29, 0.717) is 25.4 Å². The minimum absolute atomic E-state index is 0.0145. The molecule has 0 aliphatic carbocycles. The third kappa shape index (κ3) is 14.6. The Kier molecular flexibility index (Phi) is 19.2. The zero-order valence-electron chi connectivity index (χ0n) is 30.8. The van der Waals surface area contributed by atoms with Gasteiger partial charge in [0.15, 0.2) is 0 Å². The summed E-state index contributed by atoms with van der Waals surface area (Å²) in [5.41, 5.74) is 3.48. The molecule has 7 rings (SSSR count). The Morgan fingerprint density at radius 3 is 1.38 bits per heavy atom. The van der Waals surface area contributed by atoms with Gasteiger partial charge in [-0.05, 0) is 59.7 Å². The van der Waals surface area contributed by atoms with E-state index in [1.54, 1.807) is 30.3 Å². The fourth-order valence-electron chi connectivity index (χ4n) is 4.14. The molecule has 3 heterocycles. The molecule has 0 bridgehead atoms. The summed E-state index contributed by atoms with van der Waals surface area (Å²) < 4.78 is 33.1. The van der Waals surface area contributed by atoms with Crippen molar-refractivity contribution in [3.8, 4) is 56.8 Å². The van der Waals surface area contributed by atoms with Crippen LogP contribution in [0.1, 0.15) is 55.4 Å². The van der Waals surface area contributed by atoms with Crippen LogP contribution in [0.25, 0.3) is 22.3 Å². The molecule has 0 amide bonds. The van der Waals surface area contributed by atoms with Crippen molar-refractivity contribution in [2.45, 2.75) is 73.7 Å². The molecule has 0 spiro atoms. The molecule has 4 aromatic carbocycles. The first kappa shape index (κ1) is 41.7. The number of hydrogen-bond donors (Lipinski definition) is 3. The molecular formula is C41H56O9. The van der Waals surface area contributed by atoms with E-state index in [0.717, 1.165) is 53.8 Å². The lowest BCUT2D eigenvalue weighted by molar-refractivity contribution is 0.253. The van der Waals surface area contributed by atoms with Crippen molar-refractivity contribution < 1.29 is 43.7 Å². The van der Waals surface area contributed by atoms with Gasteiger partial charge in [0.1, 0.15) is 72.6 Å². The second-order valence-corrected chi connectivity index (χ2v) is 10.2.